The van der Waals surface area contributed by atoms with Crippen LogP contribution in [0.3, 0.4) is 0 Å². The minimum Gasteiger partial charge on any atom is -0.478 e. The summed E-state index contributed by atoms with van der Waals surface area (Å²) in [6.45, 7) is 2.83. The summed E-state index contributed by atoms with van der Waals surface area (Å²) >= 11 is 6.06. The molecule has 0 bridgehead atoms. The Hall–Kier alpha value is -2.00. The molecule has 3 nitrogen and oxygen atoms in total. The second kappa shape index (κ2) is 6.44. The second-order valence-corrected chi connectivity index (χ2v) is 5.01. The van der Waals surface area contributed by atoms with Crippen molar-refractivity contribution in [2.75, 3.05) is 11.9 Å². The van der Waals surface area contributed by atoms with E-state index in [1.54, 1.807) is 12.1 Å². The molecule has 0 amide bonds. The normalized spacial score (nSPS) is 10.3. The lowest BCUT2D eigenvalue weighted by Crippen LogP contribution is -2.07. The number of halogens is 1. The Kier molecular flexibility index (Phi) is 4.64. The van der Waals surface area contributed by atoms with Crippen molar-refractivity contribution in [1.29, 1.82) is 0 Å². The lowest BCUT2D eigenvalue weighted by Gasteiger charge is -2.10. The Morgan fingerprint density at radius 2 is 2.00 bits per heavy atom. The zero-order valence-electron chi connectivity index (χ0n) is 11.2. The van der Waals surface area contributed by atoms with Crippen LogP contribution in [-0.2, 0) is 6.42 Å². The van der Waals surface area contributed by atoms with E-state index in [1.807, 2.05) is 12.1 Å². The Morgan fingerprint density at radius 3 is 2.65 bits per heavy atom. The van der Waals surface area contributed by atoms with Gasteiger partial charge in [-0.15, -0.1) is 0 Å². The number of carboxylic acid groups (broad SMARTS) is 1. The van der Waals surface area contributed by atoms with Crippen molar-refractivity contribution in [3.05, 3.63) is 64.2 Å². The van der Waals surface area contributed by atoms with Gasteiger partial charge in [-0.3, -0.25) is 0 Å². The molecule has 104 valence electrons. The predicted octanol–water partition coefficient (Wildman–Crippen LogP) is 4.00. The number of aryl methyl sites for hydroxylation is 1. The molecule has 4 heteroatoms. The first-order chi connectivity index (χ1) is 9.58. The largest absolute Gasteiger partial charge is 0.478 e. The highest BCUT2D eigenvalue weighted by atomic mass is 35.5. The first-order valence-corrected chi connectivity index (χ1v) is 6.77. The third-order valence-electron chi connectivity index (χ3n) is 3.19. The molecule has 0 atom stereocenters. The molecule has 0 saturated heterocycles. The van der Waals surface area contributed by atoms with Crippen LogP contribution >= 0.6 is 11.6 Å². The lowest BCUT2D eigenvalue weighted by atomic mass is 10.1. The number of carbonyl (C=O) groups is 1. The molecule has 20 heavy (non-hydrogen) atoms. The van der Waals surface area contributed by atoms with Crippen molar-refractivity contribution in [3.63, 3.8) is 0 Å². The van der Waals surface area contributed by atoms with E-state index >= 15 is 0 Å². The number of rotatable bonds is 5. The van der Waals surface area contributed by atoms with Crippen molar-refractivity contribution in [3.8, 4) is 0 Å². The quantitative estimate of drug-likeness (QED) is 0.874. The van der Waals surface area contributed by atoms with Gasteiger partial charge in [0.1, 0.15) is 0 Å². The van der Waals surface area contributed by atoms with Gasteiger partial charge in [0, 0.05) is 6.54 Å². The molecular formula is C16H16ClNO2. The molecule has 2 aromatic carbocycles. The van der Waals surface area contributed by atoms with Crippen LogP contribution in [0.4, 0.5) is 5.69 Å². The summed E-state index contributed by atoms with van der Waals surface area (Å²) < 4.78 is 0. The molecule has 0 unspecified atom stereocenters. The molecule has 0 fully saturated rings. The highest BCUT2D eigenvalue weighted by Crippen LogP contribution is 2.23. The van der Waals surface area contributed by atoms with Gasteiger partial charge >= 0.3 is 5.97 Å². The highest BCUT2D eigenvalue weighted by molar-refractivity contribution is 6.33. The van der Waals surface area contributed by atoms with Crippen molar-refractivity contribution in [2.45, 2.75) is 13.3 Å². The Morgan fingerprint density at radius 1 is 1.25 bits per heavy atom. The van der Waals surface area contributed by atoms with E-state index in [1.165, 1.54) is 17.2 Å². The molecule has 0 radical (unpaired) electrons. The van der Waals surface area contributed by atoms with Gasteiger partial charge in [-0.1, -0.05) is 35.9 Å². The molecule has 0 heterocycles. The molecule has 2 aromatic rings. The summed E-state index contributed by atoms with van der Waals surface area (Å²) in [4.78, 5) is 10.8. The number of hydrogen-bond acceptors (Lipinski definition) is 2. The average molecular weight is 290 g/mol. The SMILES string of the molecule is Cc1ccccc1CCNc1ccc(C(=O)O)cc1Cl. The maximum absolute atomic E-state index is 10.8. The standard InChI is InChI=1S/C16H16ClNO2/c1-11-4-2-3-5-12(11)8-9-18-15-7-6-13(16(19)20)10-14(15)17/h2-7,10,18H,8-9H2,1H3,(H,19,20). The molecule has 0 aromatic heterocycles. The molecule has 0 aliphatic heterocycles. The topological polar surface area (TPSA) is 49.3 Å². The fourth-order valence-electron chi connectivity index (χ4n) is 2.01. The first-order valence-electron chi connectivity index (χ1n) is 6.39. The van der Waals surface area contributed by atoms with Crippen LogP contribution in [0.2, 0.25) is 5.02 Å². The highest BCUT2D eigenvalue weighted by Gasteiger charge is 2.06. The van der Waals surface area contributed by atoms with Crippen molar-refractivity contribution < 1.29 is 9.90 Å². The minimum atomic E-state index is -0.974. The van der Waals surface area contributed by atoms with Crippen LogP contribution in [0.15, 0.2) is 42.5 Å². The van der Waals surface area contributed by atoms with E-state index in [-0.39, 0.29) is 5.56 Å². The van der Waals surface area contributed by atoms with Crippen molar-refractivity contribution in [2.24, 2.45) is 0 Å². The van der Waals surface area contributed by atoms with Crippen LogP contribution in [0.5, 0.6) is 0 Å². The number of nitrogens with one attached hydrogen (secondary N) is 1. The summed E-state index contributed by atoms with van der Waals surface area (Å²) in [7, 11) is 0. The monoisotopic (exact) mass is 289 g/mol. The van der Waals surface area contributed by atoms with E-state index in [9.17, 15) is 4.79 Å². The Bertz CT molecular complexity index is 626. The number of carboxylic acids is 1. The fraction of sp³-hybridized carbons (Fsp3) is 0.188. The van der Waals surface area contributed by atoms with Gasteiger partial charge in [0.15, 0.2) is 0 Å². The van der Waals surface area contributed by atoms with Gasteiger partial charge in [-0.25, -0.2) is 4.79 Å². The van der Waals surface area contributed by atoms with Gasteiger partial charge in [0.25, 0.3) is 0 Å². The van der Waals surface area contributed by atoms with Gasteiger partial charge in [-0.05, 0) is 42.7 Å². The zero-order valence-corrected chi connectivity index (χ0v) is 11.9. The zero-order chi connectivity index (χ0) is 14.5. The maximum atomic E-state index is 10.8. The van der Waals surface area contributed by atoms with E-state index in [0.717, 1.165) is 18.7 Å². The summed E-state index contributed by atoms with van der Waals surface area (Å²) in [5, 5.41) is 12.5. The third-order valence-corrected chi connectivity index (χ3v) is 3.50. The van der Waals surface area contributed by atoms with E-state index < -0.39 is 5.97 Å². The molecule has 2 N–H and O–H groups in total. The average Bonchev–Trinajstić information content (AvgIpc) is 2.42. The minimum absolute atomic E-state index is 0.194. The van der Waals surface area contributed by atoms with Crippen LogP contribution in [0, 0.1) is 6.92 Å². The third kappa shape index (κ3) is 3.52. The van der Waals surface area contributed by atoms with Crippen LogP contribution in [-0.4, -0.2) is 17.6 Å². The van der Waals surface area contributed by atoms with E-state index in [2.05, 4.69) is 24.4 Å². The van der Waals surface area contributed by atoms with Gasteiger partial charge < -0.3 is 10.4 Å². The molecule has 0 aliphatic carbocycles. The smallest absolute Gasteiger partial charge is 0.335 e. The van der Waals surface area contributed by atoms with E-state index in [0.29, 0.717) is 5.02 Å². The number of aromatic carboxylic acids is 1. The molecule has 2 rings (SSSR count). The first kappa shape index (κ1) is 14.4. The predicted molar refractivity (Wildman–Crippen MR) is 81.8 cm³/mol. The fourth-order valence-corrected chi connectivity index (χ4v) is 2.26. The number of benzene rings is 2. The molecule has 0 saturated carbocycles. The molecule has 0 aliphatic rings. The van der Waals surface area contributed by atoms with Crippen LogP contribution < -0.4 is 5.32 Å². The number of anilines is 1. The summed E-state index contributed by atoms with van der Waals surface area (Å²) in [5.74, 6) is -0.974. The number of hydrogen-bond donors (Lipinski definition) is 2. The summed E-state index contributed by atoms with van der Waals surface area (Å²) in [5.41, 5.74) is 3.50. The molecular weight excluding hydrogens is 274 g/mol. The van der Waals surface area contributed by atoms with E-state index in [4.69, 9.17) is 16.7 Å². The summed E-state index contributed by atoms with van der Waals surface area (Å²) in [6.07, 6.45) is 0.893. The Balaban J connectivity index is 1.98. The molecule has 0 spiro atoms. The van der Waals surface area contributed by atoms with Gasteiger partial charge in [-0.2, -0.15) is 0 Å². The van der Waals surface area contributed by atoms with Crippen LogP contribution in [0.25, 0.3) is 0 Å². The van der Waals surface area contributed by atoms with Crippen molar-refractivity contribution >= 4 is 23.3 Å². The van der Waals surface area contributed by atoms with Crippen LogP contribution in [0.1, 0.15) is 21.5 Å². The second-order valence-electron chi connectivity index (χ2n) is 4.60. The van der Waals surface area contributed by atoms with Crippen molar-refractivity contribution in [1.82, 2.24) is 0 Å². The summed E-state index contributed by atoms with van der Waals surface area (Å²) in [6, 6.07) is 12.9. The van der Waals surface area contributed by atoms with Gasteiger partial charge in [0.05, 0.1) is 16.3 Å². The Labute approximate surface area is 123 Å². The van der Waals surface area contributed by atoms with Gasteiger partial charge in [0.2, 0.25) is 0 Å². The lowest BCUT2D eigenvalue weighted by molar-refractivity contribution is 0.0697. The maximum Gasteiger partial charge on any atom is 0.335 e.